The summed E-state index contributed by atoms with van der Waals surface area (Å²) in [6.45, 7) is 1.43. The van der Waals surface area contributed by atoms with E-state index in [4.69, 9.17) is 0 Å². The van der Waals surface area contributed by atoms with Crippen molar-refractivity contribution in [3.05, 3.63) is 21.7 Å². The maximum absolute atomic E-state index is 12.0. The number of aromatic hydroxyl groups is 1. The van der Waals surface area contributed by atoms with Crippen LogP contribution >= 0.6 is 0 Å². The number of nitrogens with zero attached hydrogens (tertiary/aromatic N) is 1. The smallest absolute Gasteiger partial charge is 0.258 e. The van der Waals surface area contributed by atoms with Gasteiger partial charge in [-0.05, 0) is 25.7 Å². The summed E-state index contributed by atoms with van der Waals surface area (Å²) < 4.78 is 22.9. The van der Waals surface area contributed by atoms with Gasteiger partial charge < -0.3 is 10.1 Å². The highest BCUT2D eigenvalue weighted by atomic mass is 32.2. The lowest BCUT2D eigenvalue weighted by atomic mass is 10.00. The molecule has 1 fully saturated rings. The lowest BCUT2D eigenvalue weighted by Gasteiger charge is -2.13. The Balaban J connectivity index is 2.45. The van der Waals surface area contributed by atoms with E-state index in [2.05, 4.69) is 9.97 Å². The van der Waals surface area contributed by atoms with Crippen LogP contribution < -0.4 is 5.56 Å². The summed E-state index contributed by atoms with van der Waals surface area (Å²) in [7, 11) is -3.37. The van der Waals surface area contributed by atoms with E-state index in [0.29, 0.717) is 5.56 Å². The first-order valence-electron chi connectivity index (χ1n) is 6.32. The lowest BCUT2D eigenvalue weighted by molar-refractivity contribution is 0.431. The minimum Gasteiger partial charge on any atom is -0.493 e. The van der Waals surface area contributed by atoms with Crippen LogP contribution in [0.15, 0.2) is 4.79 Å². The highest BCUT2D eigenvalue weighted by Crippen LogP contribution is 2.35. The van der Waals surface area contributed by atoms with Crippen molar-refractivity contribution in [3.63, 3.8) is 0 Å². The van der Waals surface area contributed by atoms with Crippen LogP contribution in [0.1, 0.15) is 55.2 Å². The number of aromatic nitrogens is 2. The monoisotopic (exact) mass is 286 g/mol. The molecule has 1 saturated carbocycles. The number of hydrogen-bond acceptors (Lipinski definition) is 5. The molecule has 0 amide bonds. The van der Waals surface area contributed by atoms with Gasteiger partial charge in [-0.1, -0.05) is 12.8 Å². The molecule has 1 atom stereocenters. The van der Waals surface area contributed by atoms with Crippen LogP contribution in [0.4, 0.5) is 0 Å². The minimum absolute atomic E-state index is 0.00764. The zero-order chi connectivity index (χ0) is 14.2. The largest absolute Gasteiger partial charge is 0.493 e. The molecule has 1 aromatic heterocycles. The molecule has 1 aromatic rings. The SMILES string of the molecule is CC(c1nc(O)c(C2CCCC2)c(=O)[nH]1)S(C)(=O)=O. The second-order valence-corrected chi connectivity index (χ2v) is 7.51. The molecule has 7 heteroatoms. The van der Waals surface area contributed by atoms with Gasteiger partial charge in [0.25, 0.3) is 5.56 Å². The van der Waals surface area contributed by atoms with Crippen LogP contribution in [0.5, 0.6) is 5.88 Å². The van der Waals surface area contributed by atoms with Crippen molar-refractivity contribution in [2.75, 3.05) is 6.26 Å². The summed E-state index contributed by atoms with van der Waals surface area (Å²) in [4.78, 5) is 18.4. The summed E-state index contributed by atoms with van der Waals surface area (Å²) >= 11 is 0. The summed E-state index contributed by atoms with van der Waals surface area (Å²) in [5, 5.41) is 8.98. The average molecular weight is 286 g/mol. The second kappa shape index (κ2) is 4.96. The fraction of sp³-hybridized carbons (Fsp3) is 0.667. The summed E-state index contributed by atoms with van der Waals surface area (Å²) in [5.41, 5.74) is -0.133. The van der Waals surface area contributed by atoms with Crippen molar-refractivity contribution in [2.45, 2.75) is 43.8 Å². The van der Waals surface area contributed by atoms with Gasteiger partial charge in [0.15, 0.2) is 9.84 Å². The molecule has 0 aromatic carbocycles. The predicted octanol–water partition coefficient (Wildman–Crippen LogP) is 1.24. The van der Waals surface area contributed by atoms with Crippen LogP contribution in [0, 0.1) is 0 Å². The van der Waals surface area contributed by atoms with Crippen LogP contribution in [-0.2, 0) is 9.84 Å². The van der Waals surface area contributed by atoms with Crippen molar-refractivity contribution in [1.82, 2.24) is 9.97 Å². The van der Waals surface area contributed by atoms with Gasteiger partial charge >= 0.3 is 0 Å². The normalized spacial score (nSPS) is 18.6. The Bertz CT molecular complexity index is 630. The number of H-pyrrole nitrogens is 1. The van der Waals surface area contributed by atoms with Gasteiger partial charge in [-0.3, -0.25) is 4.79 Å². The Kier molecular flexibility index (Phi) is 3.66. The van der Waals surface area contributed by atoms with Crippen molar-refractivity contribution >= 4 is 9.84 Å². The second-order valence-electron chi connectivity index (χ2n) is 5.14. The highest BCUT2D eigenvalue weighted by Gasteiger charge is 2.27. The summed E-state index contributed by atoms with van der Waals surface area (Å²) in [5.74, 6) is -0.313. The molecule has 2 N–H and O–H groups in total. The van der Waals surface area contributed by atoms with Crippen LogP contribution in [0.2, 0.25) is 0 Å². The molecule has 19 heavy (non-hydrogen) atoms. The van der Waals surface area contributed by atoms with Gasteiger partial charge in [0.1, 0.15) is 11.1 Å². The zero-order valence-corrected chi connectivity index (χ0v) is 11.8. The van der Waals surface area contributed by atoms with Crippen molar-refractivity contribution in [2.24, 2.45) is 0 Å². The third kappa shape index (κ3) is 2.80. The number of hydrogen-bond donors (Lipinski definition) is 2. The molecule has 1 aliphatic carbocycles. The number of aromatic amines is 1. The van der Waals surface area contributed by atoms with Crippen molar-refractivity contribution in [3.8, 4) is 5.88 Å². The maximum Gasteiger partial charge on any atom is 0.258 e. The van der Waals surface area contributed by atoms with Crippen LogP contribution in [0.3, 0.4) is 0 Å². The Morgan fingerprint density at radius 2 is 1.95 bits per heavy atom. The Morgan fingerprint density at radius 1 is 1.37 bits per heavy atom. The van der Waals surface area contributed by atoms with Gasteiger partial charge in [-0.15, -0.1) is 0 Å². The molecule has 0 radical (unpaired) electrons. The topological polar surface area (TPSA) is 100 Å². The van der Waals surface area contributed by atoms with Gasteiger partial charge in [0.2, 0.25) is 5.88 Å². The van der Waals surface area contributed by atoms with Crippen LogP contribution in [0.25, 0.3) is 0 Å². The molecule has 6 nitrogen and oxygen atoms in total. The first kappa shape index (κ1) is 14.0. The average Bonchev–Trinajstić information content (AvgIpc) is 2.79. The molecule has 0 saturated heterocycles. The third-order valence-electron chi connectivity index (χ3n) is 3.74. The zero-order valence-electron chi connectivity index (χ0n) is 11.0. The van der Waals surface area contributed by atoms with E-state index in [-0.39, 0.29) is 17.6 Å². The van der Waals surface area contributed by atoms with E-state index in [1.54, 1.807) is 0 Å². The molecular weight excluding hydrogens is 268 g/mol. The van der Waals surface area contributed by atoms with Crippen LogP contribution in [-0.4, -0.2) is 29.7 Å². The maximum atomic E-state index is 12.0. The van der Waals surface area contributed by atoms with E-state index in [1.807, 2.05) is 0 Å². The highest BCUT2D eigenvalue weighted by molar-refractivity contribution is 7.90. The predicted molar refractivity (Wildman–Crippen MR) is 71.0 cm³/mol. The molecule has 0 bridgehead atoms. The standard InChI is InChI=1S/C12H18N2O4S/c1-7(19(2,17)18)10-13-11(15)9(12(16)14-10)8-5-3-4-6-8/h7-8H,3-6H2,1-2H3,(H2,13,14,15,16). The first-order chi connectivity index (χ1) is 8.80. The lowest BCUT2D eigenvalue weighted by Crippen LogP contribution is -2.22. The van der Waals surface area contributed by atoms with Gasteiger partial charge in [0, 0.05) is 6.26 Å². The van der Waals surface area contributed by atoms with Crippen molar-refractivity contribution in [1.29, 1.82) is 0 Å². The van der Waals surface area contributed by atoms with Gasteiger partial charge in [-0.2, -0.15) is 4.98 Å². The van der Waals surface area contributed by atoms with Crippen molar-refractivity contribution < 1.29 is 13.5 Å². The van der Waals surface area contributed by atoms with E-state index in [0.717, 1.165) is 31.9 Å². The summed E-state index contributed by atoms with van der Waals surface area (Å²) in [6.07, 6.45) is 4.86. The van der Waals surface area contributed by atoms with Gasteiger partial charge in [0.05, 0.1) is 5.56 Å². The van der Waals surface area contributed by atoms with E-state index >= 15 is 0 Å². The molecular formula is C12H18N2O4S. The molecule has 2 rings (SSSR count). The fourth-order valence-corrected chi connectivity index (χ4v) is 2.98. The number of nitrogens with one attached hydrogen (secondary N) is 1. The number of sulfone groups is 1. The number of rotatable bonds is 3. The summed E-state index contributed by atoms with van der Waals surface area (Å²) in [6, 6.07) is 0. The Hall–Kier alpha value is -1.37. The fourth-order valence-electron chi connectivity index (χ4n) is 2.47. The molecule has 1 unspecified atom stereocenters. The molecule has 0 spiro atoms. The van der Waals surface area contributed by atoms with E-state index in [9.17, 15) is 18.3 Å². The molecule has 1 heterocycles. The van der Waals surface area contributed by atoms with E-state index < -0.39 is 20.6 Å². The Morgan fingerprint density at radius 3 is 2.42 bits per heavy atom. The van der Waals surface area contributed by atoms with Gasteiger partial charge in [-0.25, -0.2) is 8.42 Å². The van der Waals surface area contributed by atoms with E-state index in [1.165, 1.54) is 6.92 Å². The third-order valence-corrected chi connectivity index (χ3v) is 5.25. The molecule has 0 aliphatic heterocycles. The molecule has 106 valence electrons. The molecule has 1 aliphatic rings. The Labute approximate surface area is 111 Å². The first-order valence-corrected chi connectivity index (χ1v) is 8.28. The quantitative estimate of drug-likeness (QED) is 0.870. The minimum atomic E-state index is -3.37.